The molecule has 26 heavy (non-hydrogen) atoms. The molecule has 1 aliphatic heterocycles. The van der Waals surface area contributed by atoms with Gasteiger partial charge in [-0.15, -0.1) is 0 Å². The van der Waals surface area contributed by atoms with Gasteiger partial charge in [0.2, 0.25) is 5.91 Å². The topological polar surface area (TPSA) is 49.4 Å². The number of carbonyl (C=O) groups is 2. The van der Waals surface area contributed by atoms with E-state index in [0.717, 1.165) is 5.56 Å². The van der Waals surface area contributed by atoms with E-state index in [9.17, 15) is 9.59 Å². The van der Waals surface area contributed by atoms with Crippen LogP contribution in [0, 0.1) is 12.8 Å². The van der Waals surface area contributed by atoms with Gasteiger partial charge < -0.3 is 10.2 Å². The van der Waals surface area contributed by atoms with E-state index >= 15 is 0 Å². The molecule has 1 heterocycles. The Hall–Kier alpha value is -2.33. The number of benzene rings is 2. The highest BCUT2D eigenvalue weighted by atomic mass is 35.5. The first kappa shape index (κ1) is 18.5. The maximum absolute atomic E-state index is 12.6. The van der Waals surface area contributed by atoms with Crippen molar-refractivity contribution in [2.24, 2.45) is 5.92 Å². The van der Waals surface area contributed by atoms with Gasteiger partial charge in [-0.3, -0.25) is 9.59 Å². The lowest BCUT2D eigenvalue weighted by Crippen LogP contribution is -2.43. The lowest BCUT2D eigenvalue weighted by Gasteiger charge is -2.31. The minimum absolute atomic E-state index is 0.0462. The average molecular weight is 371 g/mol. The molecule has 0 atom stereocenters. The zero-order valence-electron chi connectivity index (χ0n) is 14.9. The van der Waals surface area contributed by atoms with Gasteiger partial charge in [-0.2, -0.15) is 0 Å². The molecule has 0 unspecified atom stereocenters. The monoisotopic (exact) mass is 370 g/mol. The molecule has 5 heteroatoms. The predicted molar refractivity (Wildman–Crippen MR) is 103 cm³/mol. The van der Waals surface area contributed by atoms with E-state index in [1.54, 1.807) is 17.0 Å². The van der Waals surface area contributed by atoms with Crippen molar-refractivity contribution in [3.63, 3.8) is 0 Å². The number of aryl methyl sites for hydroxylation is 1. The fourth-order valence-electron chi connectivity index (χ4n) is 3.31. The van der Waals surface area contributed by atoms with Crippen molar-refractivity contribution < 1.29 is 9.59 Å². The zero-order valence-corrected chi connectivity index (χ0v) is 15.6. The van der Waals surface area contributed by atoms with Gasteiger partial charge >= 0.3 is 0 Å². The van der Waals surface area contributed by atoms with Gasteiger partial charge in [0.05, 0.1) is 10.6 Å². The average Bonchev–Trinajstić information content (AvgIpc) is 2.66. The van der Waals surface area contributed by atoms with E-state index in [0.29, 0.717) is 43.1 Å². The molecule has 4 nitrogen and oxygen atoms in total. The standard InChI is InChI=1S/C21H23ClN2O2/c1-15-5-4-6-16(13-15)14-23-20(25)17-9-11-24(12-10-17)21(26)18-7-2-3-8-19(18)22/h2-8,13,17H,9-12,14H2,1H3,(H,23,25). The van der Waals surface area contributed by atoms with E-state index < -0.39 is 0 Å². The van der Waals surface area contributed by atoms with Gasteiger partial charge in [0.25, 0.3) is 5.91 Å². The van der Waals surface area contributed by atoms with E-state index in [4.69, 9.17) is 11.6 Å². The summed E-state index contributed by atoms with van der Waals surface area (Å²) in [5.74, 6) is -0.0410. The Kier molecular flexibility index (Phi) is 5.94. The Balaban J connectivity index is 1.51. The van der Waals surface area contributed by atoms with Crippen LogP contribution in [-0.2, 0) is 11.3 Å². The second-order valence-electron chi connectivity index (χ2n) is 6.75. The lowest BCUT2D eigenvalue weighted by molar-refractivity contribution is -0.126. The third-order valence-electron chi connectivity index (χ3n) is 4.81. The van der Waals surface area contributed by atoms with Crippen LogP contribution in [0.3, 0.4) is 0 Å². The predicted octanol–water partition coefficient (Wildman–Crippen LogP) is 3.82. The molecule has 1 fully saturated rings. The fraction of sp³-hybridized carbons (Fsp3) is 0.333. The summed E-state index contributed by atoms with van der Waals surface area (Å²) in [5.41, 5.74) is 2.81. The second kappa shape index (κ2) is 8.37. The van der Waals surface area contributed by atoms with E-state index in [1.165, 1.54) is 5.56 Å². The molecule has 0 radical (unpaired) electrons. The molecule has 1 saturated heterocycles. The number of hydrogen-bond donors (Lipinski definition) is 1. The molecule has 2 aromatic rings. The number of nitrogens with one attached hydrogen (secondary N) is 1. The van der Waals surface area contributed by atoms with Crippen molar-refractivity contribution in [1.82, 2.24) is 10.2 Å². The first-order chi connectivity index (χ1) is 12.5. The third-order valence-corrected chi connectivity index (χ3v) is 5.14. The van der Waals surface area contributed by atoms with Crippen LogP contribution in [-0.4, -0.2) is 29.8 Å². The van der Waals surface area contributed by atoms with Crippen molar-refractivity contribution >= 4 is 23.4 Å². The van der Waals surface area contributed by atoms with Crippen LogP contribution in [0.15, 0.2) is 48.5 Å². The first-order valence-corrected chi connectivity index (χ1v) is 9.29. The van der Waals surface area contributed by atoms with Gasteiger partial charge in [-0.25, -0.2) is 0 Å². The molecular formula is C21H23ClN2O2. The van der Waals surface area contributed by atoms with Gasteiger partial charge in [-0.1, -0.05) is 53.6 Å². The largest absolute Gasteiger partial charge is 0.352 e. The number of rotatable bonds is 4. The third kappa shape index (κ3) is 4.44. The van der Waals surface area contributed by atoms with Crippen molar-refractivity contribution in [2.75, 3.05) is 13.1 Å². The molecule has 0 saturated carbocycles. The summed E-state index contributed by atoms with van der Waals surface area (Å²) in [7, 11) is 0. The van der Waals surface area contributed by atoms with Gasteiger partial charge in [-0.05, 0) is 37.5 Å². The maximum Gasteiger partial charge on any atom is 0.255 e. The zero-order chi connectivity index (χ0) is 18.5. The minimum Gasteiger partial charge on any atom is -0.352 e. The van der Waals surface area contributed by atoms with Crippen molar-refractivity contribution in [3.05, 3.63) is 70.2 Å². The number of hydrogen-bond acceptors (Lipinski definition) is 2. The molecule has 136 valence electrons. The smallest absolute Gasteiger partial charge is 0.255 e. The Morgan fingerprint density at radius 2 is 1.85 bits per heavy atom. The second-order valence-corrected chi connectivity index (χ2v) is 7.16. The highest BCUT2D eigenvalue weighted by Gasteiger charge is 2.28. The summed E-state index contributed by atoms with van der Waals surface area (Å²) in [4.78, 5) is 26.8. The van der Waals surface area contributed by atoms with Gasteiger partial charge in [0.15, 0.2) is 0 Å². The Morgan fingerprint density at radius 3 is 2.54 bits per heavy atom. The molecule has 2 aromatic carbocycles. The van der Waals surface area contributed by atoms with Gasteiger partial charge in [0, 0.05) is 25.6 Å². The van der Waals surface area contributed by atoms with Crippen molar-refractivity contribution in [3.8, 4) is 0 Å². The molecule has 0 aromatic heterocycles. The SMILES string of the molecule is Cc1cccc(CNC(=O)C2CCN(C(=O)c3ccccc3Cl)CC2)c1. The highest BCUT2D eigenvalue weighted by Crippen LogP contribution is 2.22. The van der Waals surface area contributed by atoms with Crippen LogP contribution in [0.5, 0.6) is 0 Å². The molecule has 0 bridgehead atoms. The Labute approximate surface area is 159 Å². The Bertz CT molecular complexity index is 798. The molecule has 2 amide bonds. The first-order valence-electron chi connectivity index (χ1n) is 8.91. The molecule has 0 spiro atoms. The van der Waals surface area contributed by atoms with E-state index in [-0.39, 0.29) is 17.7 Å². The van der Waals surface area contributed by atoms with Crippen LogP contribution in [0.1, 0.15) is 34.3 Å². The normalized spacial score (nSPS) is 14.9. The molecule has 3 rings (SSSR count). The molecular weight excluding hydrogens is 348 g/mol. The number of likely N-dealkylation sites (tertiary alicyclic amines) is 1. The maximum atomic E-state index is 12.6. The summed E-state index contributed by atoms with van der Waals surface area (Å²) in [5, 5.41) is 3.49. The van der Waals surface area contributed by atoms with Crippen LogP contribution >= 0.6 is 11.6 Å². The van der Waals surface area contributed by atoms with E-state index in [1.807, 2.05) is 37.3 Å². The van der Waals surface area contributed by atoms with Crippen LogP contribution in [0.2, 0.25) is 5.02 Å². The van der Waals surface area contributed by atoms with E-state index in [2.05, 4.69) is 11.4 Å². The molecule has 1 aliphatic rings. The molecule has 1 N–H and O–H groups in total. The highest BCUT2D eigenvalue weighted by molar-refractivity contribution is 6.33. The van der Waals surface area contributed by atoms with Crippen molar-refractivity contribution in [2.45, 2.75) is 26.3 Å². The summed E-state index contributed by atoms with van der Waals surface area (Å²) in [6.07, 6.45) is 1.35. The lowest BCUT2D eigenvalue weighted by atomic mass is 9.95. The summed E-state index contributed by atoms with van der Waals surface area (Å²) in [6, 6.07) is 15.2. The number of nitrogens with zero attached hydrogens (tertiary/aromatic N) is 1. The summed E-state index contributed by atoms with van der Waals surface area (Å²) < 4.78 is 0. The fourth-order valence-corrected chi connectivity index (χ4v) is 3.52. The number of carbonyl (C=O) groups excluding carboxylic acids is 2. The number of amides is 2. The van der Waals surface area contributed by atoms with Crippen LogP contribution in [0.4, 0.5) is 0 Å². The van der Waals surface area contributed by atoms with Gasteiger partial charge in [0.1, 0.15) is 0 Å². The quantitative estimate of drug-likeness (QED) is 0.889. The van der Waals surface area contributed by atoms with Crippen molar-refractivity contribution in [1.29, 1.82) is 0 Å². The van der Waals surface area contributed by atoms with Crippen LogP contribution in [0.25, 0.3) is 0 Å². The molecule has 0 aliphatic carbocycles. The summed E-state index contributed by atoms with van der Waals surface area (Å²) in [6.45, 7) is 3.73. The van der Waals surface area contributed by atoms with Crippen LogP contribution < -0.4 is 5.32 Å². The number of piperidine rings is 1. The Morgan fingerprint density at radius 1 is 1.12 bits per heavy atom. The summed E-state index contributed by atoms with van der Waals surface area (Å²) >= 11 is 6.12. The minimum atomic E-state index is -0.0609. The number of halogens is 1.